The number of ether oxygens (including phenoxy) is 1. The van der Waals surface area contributed by atoms with Crippen LogP contribution in [0.5, 0.6) is 5.75 Å². The SMILES string of the molecule is C=C(C)Cn1c(SCC(C)C)nnc1-c1ccccc1OC. The lowest BCUT2D eigenvalue weighted by Crippen LogP contribution is -2.05. The summed E-state index contributed by atoms with van der Waals surface area (Å²) in [5, 5.41) is 9.70. The average Bonchev–Trinajstić information content (AvgIpc) is 2.87. The molecule has 0 saturated carbocycles. The second-order valence-electron chi connectivity index (χ2n) is 5.75. The summed E-state index contributed by atoms with van der Waals surface area (Å²) in [7, 11) is 1.67. The van der Waals surface area contributed by atoms with Gasteiger partial charge in [0, 0.05) is 12.3 Å². The fraction of sp³-hybridized carbons (Fsp3) is 0.412. The van der Waals surface area contributed by atoms with E-state index in [1.165, 1.54) is 0 Å². The van der Waals surface area contributed by atoms with Crippen molar-refractivity contribution in [1.29, 1.82) is 0 Å². The van der Waals surface area contributed by atoms with E-state index in [0.29, 0.717) is 12.5 Å². The fourth-order valence-corrected chi connectivity index (χ4v) is 2.97. The molecule has 1 aromatic heterocycles. The third-order valence-electron chi connectivity index (χ3n) is 3.04. The van der Waals surface area contributed by atoms with Gasteiger partial charge in [-0.25, -0.2) is 0 Å². The van der Waals surface area contributed by atoms with Crippen molar-refractivity contribution in [3.63, 3.8) is 0 Å². The molecule has 0 N–H and O–H groups in total. The number of hydrogen-bond acceptors (Lipinski definition) is 4. The fourth-order valence-electron chi connectivity index (χ4n) is 2.08. The lowest BCUT2D eigenvalue weighted by Gasteiger charge is -2.12. The highest BCUT2D eigenvalue weighted by Crippen LogP contribution is 2.31. The van der Waals surface area contributed by atoms with Crippen LogP contribution in [0.2, 0.25) is 0 Å². The predicted molar refractivity (Wildman–Crippen MR) is 92.4 cm³/mol. The van der Waals surface area contributed by atoms with Crippen LogP contribution in [-0.2, 0) is 6.54 Å². The van der Waals surface area contributed by atoms with Crippen molar-refractivity contribution in [3.8, 4) is 17.1 Å². The topological polar surface area (TPSA) is 39.9 Å². The molecule has 118 valence electrons. The van der Waals surface area contributed by atoms with E-state index in [1.807, 2.05) is 31.2 Å². The van der Waals surface area contributed by atoms with Gasteiger partial charge in [-0.05, 0) is 25.0 Å². The van der Waals surface area contributed by atoms with Gasteiger partial charge in [-0.15, -0.1) is 10.2 Å². The maximum Gasteiger partial charge on any atom is 0.191 e. The number of aromatic nitrogens is 3. The Kier molecular flexibility index (Phi) is 5.66. The normalized spacial score (nSPS) is 11.0. The minimum Gasteiger partial charge on any atom is -0.496 e. The van der Waals surface area contributed by atoms with E-state index in [0.717, 1.165) is 33.6 Å². The van der Waals surface area contributed by atoms with E-state index < -0.39 is 0 Å². The van der Waals surface area contributed by atoms with Gasteiger partial charge in [0.2, 0.25) is 0 Å². The van der Waals surface area contributed by atoms with Crippen molar-refractivity contribution in [2.24, 2.45) is 5.92 Å². The minimum atomic E-state index is 0.606. The summed E-state index contributed by atoms with van der Waals surface area (Å²) in [4.78, 5) is 0. The second-order valence-corrected chi connectivity index (χ2v) is 6.74. The molecule has 0 amide bonds. The van der Waals surface area contributed by atoms with E-state index in [1.54, 1.807) is 18.9 Å². The zero-order valence-corrected chi connectivity index (χ0v) is 14.5. The van der Waals surface area contributed by atoms with Crippen LogP contribution in [0.4, 0.5) is 0 Å². The van der Waals surface area contributed by atoms with E-state index >= 15 is 0 Å². The summed E-state index contributed by atoms with van der Waals surface area (Å²) in [6.45, 7) is 11.2. The number of methoxy groups -OCH3 is 1. The van der Waals surface area contributed by atoms with Gasteiger partial charge in [0.25, 0.3) is 0 Å². The zero-order chi connectivity index (χ0) is 16.1. The molecule has 1 aromatic carbocycles. The van der Waals surface area contributed by atoms with Gasteiger partial charge in [-0.2, -0.15) is 0 Å². The third kappa shape index (κ3) is 3.91. The lowest BCUT2D eigenvalue weighted by atomic mass is 10.2. The van der Waals surface area contributed by atoms with Crippen LogP contribution in [0.25, 0.3) is 11.4 Å². The van der Waals surface area contributed by atoms with E-state index in [-0.39, 0.29) is 0 Å². The summed E-state index contributed by atoms with van der Waals surface area (Å²) < 4.78 is 7.58. The van der Waals surface area contributed by atoms with Crippen molar-refractivity contribution < 1.29 is 4.74 Å². The molecule has 0 bridgehead atoms. The van der Waals surface area contributed by atoms with Crippen molar-refractivity contribution in [2.45, 2.75) is 32.5 Å². The minimum absolute atomic E-state index is 0.606. The highest BCUT2D eigenvalue weighted by Gasteiger charge is 2.17. The van der Waals surface area contributed by atoms with Crippen LogP contribution in [-0.4, -0.2) is 27.6 Å². The molecule has 0 aliphatic heterocycles. The summed E-state index contributed by atoms with van der Waals surface area (Å²) in [5.41, 5.74) is 2.03. The number of rotatable bonds is 7. The van der Waals surface area contributed by atoms with Crippen LogP contribution in [0.1, 0.15) is 20.8 Å². The molecule has 0 spiro atoms. The molecule has 2 aromatic rings. The first-order valence-electron chi connectivity index (χ1n) is 7.36. The Balaban J connectivity index is 2.44. The lowest BCUT2D eigenvalue weighted by molar-refractivity contribution is 0.416. The van der Waals surface area contributed by atoms with Gasteiger partial charge in [-0.3, -0.25) is 4.57 Å². The molecule has 22 heavy (non-hydrogen) atoms. The first-order valence-corrected chi connectivity index (χ1v) is 8.35. The van der Waals surface area contributed by atoms with Gasteiger partial charge in [0.1, 0.15) is 5.75 Å². The first kappa shape index (κ1) is 16.6. The van der Waals surface area contributed by atoms with Gasteiger partial charge >= 0.3 is 0 Å². The Labute approximate surface area is 136 Å². The number of benzene rings is 1. The van der Waals surface area contributed by atoms with Crippen molar-refractivity contribution in [2.75, 3.05) is 12.9 Å². The quantitative estimate of drug-likeness (QED) is 0.564. The molecule has 5 heteroatoms. The number of allylic oxidation sites excluding steroid dienone is 1. The molecular formula is C17H23N3OS. The van der Waals surface area contributed by atoms with E-state index in [9.17, 15) is 0 Å². The van der Waals surface area contributed by atoms with Gasteiger partial charge in [0.05, 0.1) is 12.7 Å². The number of para-hydroxylation sites is 1. The van der Waals surface area contributed by atoms with E-state index in [4.69, 9.17) is 4.74 Å². The monoisotopic (exact) mass is 317 g/mol. The highest BCUT2D eigenvalue weighted by atomic mass is 32.2. The molecule has 4 nitrogen and oxygen atoms in total. The average molecular weight is 317 g/mol. The summed E-state index contributed by atoms with van der Waals surface area (Å²) in [5.74, 6) is 3.25. The molecule has 0 radical (unpaired) electrons. The van der Waals surface area contributed by atoms with Crippen molar-refractivity contribution >= 4 is 11.8 Å². The Morgan fingerprint density at radius 3 is 2.68 bits per heavy atom. The number of thioether (sulfide) groups is 1. The van der Waals surface area contributed by atoms with Gasteiger partial charge < -0.3 is 4.74 Å². The molecule has 0 aliphatic rings. The van der Waals surface area contributed by atoms with Gasteiger partial charge in [0.15, 0.2) is 11.0 Å². The van der Waals surface area contributed by atoms with Crippen LogP contribution in [0, 0.1) is 5.92 Å². The highest BCUT2D eigenvalue weighted by molar-refractivity contribution is 7.99. The summed E-state index contributed by atoms with van der Waals surface area (Å²) in [6.07, 6.45) is 0. The second kappa shape index (κ2) is 7.49. The maximum absolute atomic E-state index is 5.46. The van der Waals surface area contributed by atoms with Crippen molar-refractivity contribution in [3.05, 3.63) is 36.4 Å². The standard InChI is InChI=1S/C17H23N3OS/c1-12(2)10-20-16(14-8-6-7-9-15(14)21-5)18-19-17(20)22-11-13(3)4/h6-9,13H,1,10-11H2,2-5H3. The van der Waals surface area contributed by atoms with Crippen LogP contribution in [0.15, 0.2) is 41.6 Å². The molecule has 0 fully saturated rings. The zero-order valence-electron chi connectivity index (χ0n) is 13.7. The Morgan fingerprint density at radius 1 is 1.32 bits per heavy atom. The van der Waals surface area contributed by atoms with Crippen LogP contribution in [0.3, 0.4) is 0 Å². The molecule has 0 saturated heterocycles. The molecule has 2 rings (SSSR count). The summed E-state index contributed by atoms with van der Waals surface area (Å²) >= 11 is 1.73. The van der Waals surface area contributed by atoms with Crippen LogP contribution < -0.4 is 4.74 Å². The predicted octanol–water partition coefficient (Wildman–Crippen LogP) is 4.28. The Bertz CT molecular complexity index is 649. The molecular weight excluding hydrogens is 294 g/mol. The Hall–Kier alpha value is -1.75. The van der Waals surface area contributed by atoms with Crippen molar-refractivity contribution in [1.82, 2.24) is 14.8 Å². The number of nitrogens with zero attached hydrogens (tertiary/aromatic N) is 3. The largest absolute Gasteiger partial charge is 0.496 e. The molecule has 1 heterocycles. The smallest absolute Gasteiger partial charge is 0.191 e. The molecule has 0 atom stereocenters. The van der Waals surface area contributed by atoms with Crippen LogP contribution >= 0.6 is 11.8 Å². The van der Waals surface area contributed by atoms with Gasteiger partial charge in [-0.1, -0.05) is 49.9 Å². The molecule has 0 aliphatic carbocycles. The first-order chi connectivity index (χ1) is 10.5. The third-order valence-corrected chi connectivity index (χ3v) is 4.43. The number of hydrogen-bond donors (Lipinski definition) is 0. The summed E-state index contributed by atoms with van der Waals surface area (Å²) in [6, 6.07) is 7.89. The molecule has 0 unspecified atom stereocenters. The maximum atomic E-state index is 5.46. The Morgan fingerprint density at radius 2 is 2.05 bits per heavy atom. The van der Waals surface area contributed by atoms with E-state index in [2.05, 4.69) is 35.2 Å².